The standard InChI is InChI=1S/C26H28F4N2O4S/c1-17-4-3-5-19(14-17)37(34,35)20-7-9-24(36-2)23(16-20)31-10-12-32(13-11-31)25(33)21-8-6-18(27)15-22(21)26(28,29)30/h6-9,14-17H,3-5,10-13H2,1-2H3. The van der Waals surface area contributed by atoms with Gasteiger partial charge < -0.3 is 14.5 Å². The van der Waals surface area contributed by atoms with Crippen LogP contribution in [-0.2, 0) is 16.0 Å². The number of alkyl halides is 3. The van der Waals surface area contributed by atoms with E-state index in [-0.39, 0.29) is 37.0 Å². The van der Waals surface area contributed by atoms with E-state index >= 15 is 0 Å². The van der Waals surface area contributed by atoms with E-state index in [1.54, 1.807) is 18.2 Å². The van der Waals surface area contributed by atoms with Crippen molar-refractivity contribution in [2.75, 3.05) is 38.2 Å². The predicted molar refractivity (Wildman–Crippen MR) is 131 cm³/mol. The first-order chi connectivity index (χ1) is 17.4. The van der Waals surface area contributed by atoms with Crippen LogP contribution in [-0.4, -0.2) is 52.5 Å². The maximum atomic E-state index is 13.5. The van der Waals surface area contributed by atoms with Gasteiger partial charge in [-0.1, -0.05) is 13.0 Å². The van der Waals surface area contributed by atoms with Gasteiger partial charge in [0.05, 0.1) is 28.8 Å². The maximum absolute atomic E-state index is 13.5. The zero-order valence-electron chi connectivity index (χ0n) is 20.5. The van der Waals surface area contributed by atoms with E-state index < -0.39 is 38.9 Å². The summed E-state index contributed by atoms with van der Waals surface area (Å²) in [4.78, 5) is 16.6. The third-order valence-electron chi connectivity index (χ3n) is 6.78. The lowest BCUT2D eigenvalue weighted by molar-refractivity contribution is -0.138. The van der Waals surface area contributed by atoms with Crippen molar-refractivity contribution in [2.24, 2.45) is 5.92 Å². The van der Waals surface area contributed by atoms with Crippen molar-refractivity contribution in [2.45, 2.75) is 37.3 Å². The molecule has 0 radical (unpaired) electrons. The minimum Gasteiger partial charge on any atom is -0.495 e. The number of nitrogens with zero attached hydrogens (tertiary/aromatic N) is 2. The average Bonchev–Trinajstić information content (AvgIpc) is 2.87. The minimum atomic E-state index is -4.88. The van der Waals surface area contributed by atoms with Crippen molar-refractivity contribution < 1.29 is 35.5 Å². The third kappa shape index (κ3) is 5.61. The van der Waals surface area contributed by atoms with Gasteiger partial charge in [-0.25, -0.2) is 12.8 Å². The molecule has 1 fully saturated rings. The molecular weight excluding hydrogens is 512 g/mol. The molecule has 0 N–H and O–H groups in total. The second-order valence-electron chi connectivity index (χ2n) is 9.31. The van der Waals surface area contributed by atoms with E-state index in [1.165, 1.54) is 18.1 Å². The Labute approximate surface area is 213 Å². The first-order valence-corrected chi connectivity index (χ1v) is 13.4. The van der Waals surface area contributed by atoms with Crippen LogP contribution in [0.25, 0.3) is 0 Å². The van der Waals surface area contributed by atoms with E-state index in [0.29, 0.717) is 28.8 Å². The summed E-state index contributed by atoms with van der Waals surface area (Å²) in [6.07, 6.45) is -0.844. The number of ether oxygens (including phenoxy) is 1. The number of hydrogen-bond donors (Lipinski definition) is 0. The number of hydrogen-bond acceptors (Lipinski definition) is 5. The number of sulfone groups is 1. The number of rotatable bonds is 5. The van der Waals surface area contributed by atoms with Crippen LogP contribution in [0.4, 0.5) is 23.2 Å². The highest BCUT2D eigenvalue weighted by Crippen LogP contribution is 2.37. The van der Waals surface area contributed by atoms with Crippen LogP contribution in [0.1, 0.15) is 42.1 Å². The van der Waals surface area contributed by atoms with Crippen molar-refractivity contribution in [3.05, 3.63) is 64.3 Å². The summed E-state index contributed by atoms with van der Waals surface area (Å²) in [6, 6.07) is 6.64. The molecule has 1 aliphatic carbocycles. The van der Waals surface area contributed by atoms with Gasteiger partial charge in [0.2, 0.25) is 9.84 Å². The molecule has 2 aromatic carbocycles. The third-order valence-corrected chi connectivity index (χ3v) is 8.69. The van der Waals surface area contributed by atoms with E-state index in [1.807, 2.05) is 11.8 Å². The quantitative estimate of drug-likeness (QED) is 0.482. The molecule has 0 bridgehead atoms. The van der Waals surface area contributed by atoms with E-state index in [4.69, 9.17) is 4.74 Å². The topological polar surface area (TPSA) is 66.9 Å². The lowest BCUT2D eigenvalue weighted by atomic mass is 9.98. The van der Waals surface area contributed by atoms with Crippen LogP contribution in [0.15, 0.2) is 52.3 Å². The number of amides is 1. The normalized spacial score (nSPS) is 19.0. The van der Waals surface area contributed by atoms with Gasteiger partial charge in [-0.2, -0.15) is 13.2 Å². The van der Waals surface area contributed by atoms with Gasteiger partial charge in [0, 0.05) is 31.1 Å². The average molecular weight is 541 g/mol. The molecule has 6 nitrogen and oxygen atoms in total. The Hall–Kier alpha value is -3.08. The highest BCUT2D eigenvalue weighted by atomic mass is 32.2. The van der Waals surface area contributed by atoms with Gasteiger partial charge >= 0.3 is 6.18 Å². The number of methoxy groups -OCH3 is 1. The monoisotopic (exact) mass is 540 g/mol. The molecule has 1 heterocycles. The number of anilines is 1. The summed E-state index contributed by atoms with van der Waals surface area (Å²) in [6.45, 7) is 2.66. The fourth-order valence-corrected chi connectivity index (χ4v) is 6.44. The van der Waals surface area contributed by atoms with Crippen molar-refractivity contribution in [3.8, 4) is 5.75 Å². The molecule has 0 saturated carbocycles. The summed E-state index contributed by atoms with van der Waals surface area (Å²) >= 11 is 0. The lowest BCUT2D eigenvalue weighted by Gasteiger charge is -2.37. The molecule has 1 saturated heterocycles. The minimum absolute atomic E-state index is 0.0936. The van der Waals surface area contributed by atoms with Gasteiger partial charge in [-0.3, -0.25) is 4.79 Å². The first-order valence-electron chi connectivity index (χ1n) is 12.0. The molecule has 0 spiro atoms. The zero-order valence-corrected chi connectivity index (χ0v) is 21.3. The highest BCUT2D eigenvalue weighted by molar-refractivity contribution is 7.95. The van der Waals surface area contributed by atoms with Crippen LogP contribution >= 0.6 is 0 Å². The molecule has 2 aliphatic rings. The number of carbonyl (C=O) groups is 1. The Bertz CT molecular complexity index is 1320. The summed E-state index contributed by atoms with van der Waals surface area (Å²) < 4.78 is 85.7. The molecule has 11 heteroatoms. The Balaban J connectivity index is 1.56. The number of allylic oxidation sites excluding steroid dienone is 2. The van der Waals surface area contributed by atoms with Gasteiger partial charge in [0.15, 0.2) is 0 Å². The smallest absolute Gasteiger partial charge is 0.417 e. The van der Waals surface area contributed by atoms with Crippen LogP contribution in [0.5, 0.6) is 5.75 Å². The van der Waals surface area contributed by atoms with Crippen molar-refractivity contribution in [1.82, 2.24) is 4.90 Å². The Kier molecular flexibility index (Phi) is 7.55. The van der Waals surface area contributed by atoms with Gasteiger partial charge in [-0.05, 0) is 61.6 Å². The molecule has 2 aromatic rings. The maximum Gasteiger partial charge on any atom is 0.417 e. The number of carbonyl (C=O) groups excluding carboxylic acids is 1. The fraction of sp³-hybridized carbons (Fsp3) is 0.423. The summed E-state index contributed by atoms with van der Waals surface area (Å²) in [5.74, 6) is -1.29. The van der Waals surface area contributed by atoms with Crippen LogP contribution in [0, 0.1) is 11.7 Å². The Morgan fingerprint density at radius 2 is 1.76 bits per heavy atom. The molecule has 1 amide bonds. The molecule has 0 aromatic heterocycles. The molecule has 200 valence electrons. The van der Waals surface area contributed by atoms with E-state index in [9.17, 15) is 30.8 Å². The second-order valence-corrected chi connectivity index (χ2v) is 11.3. The van der Waals surface area contributed by atoms with E-state index in [0.717, 1.165) is 25.0 Å². The predicted octanol–water partition coefficient (Wildman–Crippen LogP) is 5.29. The zero-order chi connectivity index (χ0) is 27.0. The van der Waals surface area contributed by atoms with Crippen LogP contribution in [0.2, 0.25) is 0 Å². The summed E-state index contributed by atoms with van der Waals surface area (Å²) in [5.41, 5.74) is -1.40. The summed E-state index contributed by atoms with van der Waals surface area (Å²) in [5, 5.41) is 0. The molecule has 4 rings (SSSR count). The molecule has 1 unspecified atom stereocenters. The van der Waals surface area contributed by atoms with Crippen LogP contribution < -0.4 is 9.64 Å². The Morgan fingerprint density at radius 3 is 2.38 bits per heavy atom. The first kappa shape index (κ1) is 27.0. The van der Waals surface area contributed by atoms with Gasteiger partial charge in [0.25, 0.3) is 5.91 Å². The summed E-state index contributed by atoms with van der Waals surface area (Å²) in [7, 11) is -2.22. The Morgan fingerprint density at radius 1 is 1.05 bits per heavy atom. The van der Waals surface area contributed by atoms with Crippen LogP contribution in [0.3, 0.4) is 0 Å². The van der Waals surface area contributed by atoms with E-state index in [2.05, 4.69) is 0 Å². The highest BCUT2D eigenvalue weighted by Gasteiger charge is 2.37. The molecule has 1 atom stereocenters. The lowest BCUT2D eigenvalue weighted by Crippen LogP contribution is -2.49. The molecule has 1 aliphatic heterocycles. The van der Waals surface area contributed by atoms with Crippen molar-refractivity contribution in [1.29, 1.82) is 0 Å². The number of halogens is 4. The largest absolute Gasteiger partial charge is 0.495 e. The molecular formula is C26H28F4N2O4S. The number of benzene rings is 2. The molecule has 37 heavy (non-hydrogen) atoms. The second kappa shape index (κ2) is 10.4. The fourth-order valence-electron chi connectivity index (χ4n) is 4.80. The van der Waals surface area contributed by atoms with Gasteiger partial charge in [0.1, 0.15) is 11.6 Å². The van der Waals surface area contributed by atoms with Gasteiger partial charge in [-0.15, -0.1) is 0 Å². The van der Waals surface area contributed by atoms with Crippen molar-refractivity contribution in [3.63, 3.8) is 0 Å². The SMILES string of the molecule is COc1ccc(S(=O)(=O)C2=CC(C)CCC2)cc1N1CCN(C(=O)c2ccc(F)cc2C(F)(F)F)CC1. The van der Waals surface area contributed by atoms with Crippen molar-refractivity contribution >= 4 is 21.4 Å². The number of piperazine rings is 1.